The number of hydrogen-bond donors (Lipinski definition) is 1. The number of hydrogen-bond acceptors (Lipinski definition) is 3. The first kappa shape index (κ1) is 28.0. The van der Waals surface area contributed by atoms with Gasteiger partial charge in [0, 0.05) is 21.7 Å². The van der Waals surface area contributed by atoms with Gasteiger partial charge in [-0.2, -0.15) is 5.26 Å². The smallest absolute Gasteiger partial charge is 0.155 e. The minimum atomic E-state index is -2.55. The van der Waals surface area contributed by atoms with Gasteiger partial charge >= 0.3 is 0 Å². The Hall–Kier alpha value is -4.13. The molecule has 0 aliphatic heterocycles. The Balaban J connectivity index is 1.49. The lowest BCUT2D eigenvalue weighted by molar-refractivity contribution is 0.367. The van der Waals surface area contributed by atoms with Crippen molar-refractivity contribution >= 4 is 34.3 Å². The second-order valence-electron chi connectivity index (χ2n) is 10.9. The molecule has 1 aliphatic carbocycles. The topological polar surface area (TPSA) is 48.2 Å². The molecule has 0 saturated heterocycles. The summed E-state index contributed by atoms with van der Waals surface area (Å²) in [6.07, 6.45) is -1.07. The van der Waals surface area contributed by atoms with E-state index in [1.54, 1.807) is 0 Å². The first-order chi connectivity index (χ1) is 20.5. The van der Waals surface area contributed by atoms with Crippen LogP contribution in [0.3, 0.4) is 0 Å². The summed E-state index contributed by atoms with van der Waals surface area (Å²) in [5.41, 5.74) is 5.80. The molecule has 0 aromatic heterocycles. The van der Waals surface area contributed by atoms with Gasteiger partial charge in [-0.05, 0) is 36.5 Å². The van der Waals surface area contributed by atoms with Crippen LogP contribution in [0.2, 0.25) is 0 Å². The SMILES string of the molecule is C[C@](CCc1ccccc1)(NP(=S)(c1ccccc1)c1ccccc1)[C@H](C#N)N=C1c2ccccc2-c2ccccc21. The van der Waals surface area contributed by atoms with Gasteiger partial charge in [0.05, 0.1) is 23.5 Å². The fourth-order valence-electron chi connectivity index (χ4n) is 5.79. The van der Waals surface area contributed by atoms with Crippen LogP contribution in [-0.4, -0.2) is 17.3 Å². The maximum Gasteiger partial charge on any atom is 0.155 e. The minimum absolute atomic E-state index is 0.688. The van der Waals surface area contributed by atoms with E-state index in [2.05, 4.69) is 103 Å². The predicted molar refractivity (Wildman–Crippen MR) is 180 cm³/mol. The zero-order valence-electron chi connectivity index (χ0n) is 23.5. The molecule has 0 fully saturated rings. The highest BCUT2D eigenvalue weighted by atomic mass is 32.4. The van der Waals surface area contributed by atoms with Crippen molar-refractivity contribution in [3.63, 3.8) is 0 Å². The Morgan fingerprint density at radius 3 is 1.60 bits per heavy atom. The molecule has 0 bridgehead atoms. The van der Waals surface area contributed by atoms with Gasteiger partial charge in [0.1, 0.15) is 0 Å². The Bertz CT molecular complexity index is 1720. The molecule has 6 rings (SSSR count). The van der Waals surface area contributed by atoms with E-state index in [1.807, 2.05) is 54.6 Å². The van der Waals surface area contributed by atoms with Crippen LogP contribution in [0.25, 0.3) is 11.1 Å². The first-order valence-corrected chi connectivity index (χ1v) is 17.0. The van der Waals surface area contributed by atoms with Crippen LogP contribution in [0, 0.1) is 11.3 Å². The highest BCUT2D eigenvalue weighted by Crippen LogP contribution is 2.44. The molecule has 2 atom stereocenters. The molecule has 5 aromatic carbocycles. The Kier molecular flexibility index (Phi) is 8.00. The molecular weight excluding hydrogens is 549 g/mol. The van der Waals surface area contributed by atoms with E-state index in [0.29, 0.717) is 6.42 Å². The number of rotatable bonds is 9. The van der Waals surface area contributed by atoms with Crippen molar-refractivity contribution in [3.8, 4) is 17.2 Å². The standard InChI is InChI=1S/C37H32N3PS/c1-37(26-25-28-15-5-2-6-16-28,40-41(42,29-17-7-3-8-18-29)30-19-9-4-10-20-30)35(27-38)39-36-33-23-13-11-21-31(33)32-22-12-14-24-34(32)36/h2-24,35H,25-26H2,1H3,(H,40,42)/t35-,37+/m0/s1. The van der Waals surface area contributed by atoms with Crippen molar-refractivity contribution in [2.24, 2.45) is 4.99 Å². The highest BCUT2D eigenvalue weighted by molar-refractivity contribution is 8.21. The van der Waals surface area contributed by atoms with E-state index < -0.39 is 17.8 Å². The van der Waals surface area contributed by atoms with Gasteiger partial charge in [-0.15, -0.1) is 0 Å². The van der Waals surface area contributed by atoms with Crippen LogP contribution in [0.4, 0.5) is 0 Å². The summed E-state index contributed by atoms with van der Waals surface area (Å²) in [7, 11) is 0. The molecule has 0 amide bonds. The van der Waals surface area contributed by atoms with Crippen LogP contribution in [0.15, 0.2) is 145 Å². The van der Waals surface area contributed by atoms with E-state index in [0.717, 1.165) is 45.0 Å². The summed E-state index contributed by atoms with van der Waals surface area (Å²) in [5.74, 6) is 0. The van der Waals surface area contributed by atoms with Gasteiger partial charge in [0.2, 0.25) is 0 Å². The van der Waals surface area contributed by atoms with Crippen molar-refractivity contribution < 1.29 is 0 Å². The van der Waals surface area contributed by atoms with Crippen LogP contribution in [-0.2, 0) is 18.2 Å². The van der Waals surface area contributed by atoms with E-state index in [1.165, 1.54) is 5.56 Å². The maximum atomic E-state index is 10.8. The number of aryl methyl sites for hydroxylation is 1. The Labute approximate surface area is 253 Å². The van der Waals surface area contributed by atoms with E-state index in [4.69, 9.17) is 16.8 Å². The molecule has 0 heterocycles. The largest absolute Gasteiger partial charge is 0.273 e. The normalized spacial score (nSPS) is 14.2. The molecule has 0 spiro atoms. The van der Waals surface area contributed by atoms with Crippen molar-refractivity contribution in [1.82, 2.24) is 5.09 Å². The van der Waals surface area contributed by atoms with E-state index in [-0.39, 0.29) is 0 Å². The third-order valence-corrected chi connectivity index (χ3v) is 12.5. The summed E-state index contributed by atoms with van der Waals surface area (Å²) in [5, 5.41) is 16.9. The average Bonchev–Trinajstić information content (AvgIpc) is 3.37. The molecule has 5 aromatic rings. The quantitative estimate of drug-likeness (QED) is 0.181. The second kappa shape index (κ2) is 12.0. The number of nitrogens with zero attached hydrogens (tertiary/aromatic N) is 2. The fraction of sp³-hybridized carbons (Fsp3) is 0.135. The molecular formula is C37H32N3PS. The van der Waals surface area contributed by atoms with Gasteiger partial charge in [-0.25, -0.2) is 0 Å². The molecule has 1 aliphatic rings. The summed E-state index contributed by atoms with van der Waals surface area (Å²) >= 11 is 6.63. The van der Waals surface area contributed by atoms with Gasteiger partial charge in [0.15, 0.2) is 6.04 Å². The lowest BCUT2D eigenvalue weighted by atomic mass is 9.87. The van der Waals surface area contributed by atoms with Crippen molar-refractivity contribution in [3.05, 3.63) is 156 Å². The highest BCUT2D eigenvalue weighted by Gasteiger charge is 2.40. The number of fused-ring (bicyclic) bond motifs is 3. The average molecular weight is 582 g/mol. The molecule has 3 nitrogen and oxygen atoms in total. The third kappa shape index (κ3) is 5.40. The molecule has 0 saturated carbocycles. The van der Waals surface area contributed by atoms with Crippen LogP contribution >= 0.6 is 6.19 Å². The van der Waals surface area contributed by atoms with Gasteiger partial charge in [-0.3, -0.25) is 10.1 Å². The fourth-order valence-corrected chi connectivity index (χ4v) is 9.84. The molecule has 206 valence electrons. The van der Waals surface area contributed by atoms with Gasteiger partial charge in [-0.1, -0.05) is 151 Å². The van der Waals surface area contributed by atoms with Crippen molar-refractivity contribution in [2.45, 2.75) is 31.3 Å². The minimum Gasteiger partial charge on any atom is -0.273 e. The van der Waals surface area contributed by atoms with Crippen LogP contribution < -0.4 is 15.7 Å². The molecule has 1 N–H and O–H groups in total. The first-order valence-electron chi connectivity index (χ1n) is 14.2. The Morgan fingerprint density at radius 2 is 1.12 bits per heavy atom. The second-order valence-corrected chi connectivity index (χ2v) is 15.0. The molecule has 5 heteroatoms. The lowest BCUT2D eigenvalue weighted by Gasteiger charge is -2.39. The van der Waals surface area contributed by atoms with Crippen LogP contribution in [0.1, 0.15) is 30.0 Å². The zero-order chi connectivity index (χ0) is 29.0. The number of aliphatic imine (C=N–C) groups is 1. The summed E-state index contributed by atoms with van der Waals surface area (Å²) in [4.78, 5) is 5.30. The number of nitriles is 1. The summed E-state index contributed by atoms with van der Waals surface area (Å²) in [6, 6.07) is 49.7. The number of nitrogens with one attached hydrogen (secondary N) is 1. The predicted octanol–water partition coefficient (Wildman–Crippen LogP) is 7.42. The molecule has 0 unspecified atom stereocenters. The summed E-state index contributed by atoms with van der Waals surface area (Å²) < 4.78 is 0. The number of benzene rings is 5. The van der Waals surface area contributed by atoms with Crippen molar-refractivity contribution in [2.75, 3.05) is 0 Å². The van der Waals surface area contributed by atoms with Crippen LogP contribution in [0.5, 0.6) is 0 Å². The monoisotopic (exact) mass is 581 g/mol. The maximum absolute atomic E-state index is 10.8. The lowest BCUT2D eigenvalue weighted by Crippen LogP contribution is -2.52. The zero-order valence-corrected chi connectivity index (χ0v) is 25.2. The molecule has 0 radical (unpaired) electrons. The molecule has 42 heavy (non-hydrogen) atoms. The van der Waals surface area contributed by atoms with E-state index >= 15 is 0 Å². The van der Waals surface area contributed by atoms with Crippen molar-refractivity contribution in [1.29, 1.82) is 5.26 Å². The third-order valence-electron chi connectivity index (χ3n) is 8.07. The Morgan fingerprint density at radius 1 is 0.690 bits per heavy atom. The van der Waals surface area contributed by atoms with E-state index in [9.17, 15) is 5.26 Å². The summed E-state index contributed by atoms with van der Waals surface area (Å²) in [6.45, 7) is 2.13. The van der Waals surface area contributed by atoms with Gasteiger partial charge < -0.3 is 0 Å². The van der Waals surface area contributed by atoms with Gasteiger partial charge in [0.25, 0.3) is 0 Å².